The smallest absolute Gasteiger partial charge is 0.279 e. The third-order valence-electron chi connectivity index (χ3n) is 2.75. The van der Waals surface area contributed by atoms with E-state index in [0.29, 0.717) is 5.20 Å². The van der Waals surface area contributed by atoms with Crippen LogP contribution in [0.15, 0.2) is 10.0 Å². The van der Waals surface area contributed by atoms with E-state index in [1.54, 1.807) is 26.2 Å². The van der Waals surface area contributed by atoms with Gasteiger partial charge in [0.05, 0.1) is 8.07 Å². The summed E-state index contributed by atoms with van der Waals surface area (Å²) in [4.78, 5) is 0.801. The minimum Gasteiger partial charge on any atom is -0.309 e. The van der Waals surface area contributed by atoms with Gasteiger partial charge in [-0.2, -0.15) is 0 Å². The van der Waals surface area contributed by atoms with Gasteiger partial charge in [0.2, 0.25) is 0 Å². The van der Waals surface area contributed by atoms with Crippen molar-refractivity contribution in [3.05, 3.63) is 10.0 Å². The second kappa shape index (κ2) is 6.03. The Hall–Kier alpha value is 0.0275. The first-order chi connectivity index (χ1) is 8.46. The molecule has 0 nitrogen and oxygen atoms in total. The molecule has 0 aromatic heterocycles. The zero-order valence-electron chi connectivity index (χ0n) is 14.8. The van der Waals surface area contributed by atoms with Crippen molar-refractivity contribution in [3.8, 4) is 11.5 Å². The molecule has 0 atom stereocenters. The first kappa shape index (κ1) is 20.0. The lowest BCUT2D eigenvalue weighted by molar-refractivity contribution is 0.804. The Kier molecular flexibility index (Phi) is 6.04. The van der Waals surface area contributed by atoms with Gasteiger partial charge in [-0.15, -0.1) is 5.54 Å². The van der Waals surface area contributed by atoms with Crippen LogP contribution in [0.1, 0.15) is 0 Å². The normalized spacial score (nSPS) is 15.4. The second-order valence-electron chi connectivity index (χ2n) is 8.44. The number of hydrogen-bond acceptors (Lipinski definition) is 0. The van der Waals surface area contributed by atoms with E-state index in [2.05, 4.69) is 50.7 Å². The van der Waals surface area contributed by atoms with E-state index < -0.39 is 33.0 Å². The molecule has 116 valence electrons. The molecule has 20 heavy (non-hydrogen) atoms. The van der Waals surface area contributed by atoms with Gasteiger partial charge in [0.1, 0.15) is 8.07 Å². The van der Waals surface area contributed by atoms with Gasteiger partial charge in [-0.25, -0.2) is 0 Å². The maximum absolute atomic E-state index is 14.9. The number of allylic oxidation sites excluding steroid dienone is 1. The van der Waals surface area contributed by atoms with Crippen LogP contribution in [-0.2, 0) is 0 Å². The predicted molar refractivity (Wildman–Crippen MR) is 98.7 cm³/mol. The topological polar surface area (TPSA) is 0 Å². The molecule has 0 bridgehead atoms. The summed E-state index contributed by atoms with van der Waals surface area (Å²) in [6.45, 7) is 19.4. The molecule has 0 saturated carbocycles. The first-order valence-corrected chi connectivity index (χ1v) is 19.9. The standard InChI is InChI=1S/C14H30F2Si4/c1-17(2,3)12-11-13(19(7,8)15)14(18(4,5)6)20(9,10)16/h1-10H3/b14-13+. The highest BCUT2D eigenvalue weighted by Crippen LogP contribution is 2.33. The molecule has 6 heteroatoms. The van der Waals surface area contributed by atoms with Crippen molar-refractivity contribution >= 4 is 33.0 Å². The van der Waals surface area contributed by atoms with Gasteiger partial charge in [0, 0.05) is 5.20 Å². The van der Waals surface area contributed by atoms with Crippen molar-refractivity contribution in [3.63, 3.8) is 0 Å². The van der Waals surface area contributed by atoms with Gasteiger partial charge < -0.3 is 8.22 Å². The van der Waals surface area contributed by atoms with Crippen LogP contribution in [0.5, 0.6) is 0 Å². The van der Waals surface area contributed by atoms with Crippen LogP contribution in [0.25, 0.3) is 0 Å². The van der Waals surface area contributed by atoms with E-state index in [9.17, 15) is 8.22 Å². The Balaban J connectivity index is 6.43. The average Bonchev–Trinajstić information content (AvgIpc) is 2.03. The van der Waals surface area contributed by atoms with E-state index >= 15 is 0 Å². The zero-order valence-corrected chi connectivity index (χ0v) is 18.8. The monoisotopic (exact) mass is 348 g/mol. The Morgan fingerprint density at radius 3 is 1.30 bits per heavy atom. The van der Waals surface area contributed by atoms with Crippen LogP contribution in [0.4, 0.5) is 8.22 Å². The van der Waals surface area contributed by atoms with Crippen LogP contribution in [0.2, 0.25) is 65.5 Å². The van der Waals surface area contributed by atoms with Crippen molar-refractivity contribution in [1.29, 1.82) is 0 Å². The van der Waals surface area contributed by atoms with Gasteiger partial charge >= 0.3 is 0 Å². The Labute approximate surface area is 128 Å². The molecular weight excluding hydrogens is 318 g/mol. The predicted octanol–water partition coefficient (Wildman–Crippen LogP) is 5.47. The Morgan fingerprint density at radius 2 is 1.10 bits per heavy atom. The van der Waals surface area contributed by atoms with E-state index in [-0.39, 0.29) is 0 Å². The van der Waals surface area contributed by atoms with Crippen LogP contribution < -0.4 is 0 Å². The highest BCUT2D eigenvalue weighted by atomic mass is 28.4. The molecule has 0 amide bonds. The summed E-state index contributed by atoms with van der Waals surface area (Å²) in [6, 6.07) is 0. The third-order valence-corrected chi connectivity index (χ3v) is 12.9. The maximum Gasteiger partial charge on any atom is 0.279 e. The van der Waals surface area contributed by atoms with E-state index in [4.69, 9.17) is 0 Å². The van der Waals surface area contributed by atoms with Crippen molar-refractivity contribution < 1.29 is 8.22 Å². The van der Waals surface area contributed by atoms with Gasteiger partial charge in [-0.05, 0) is 26.2 Å². The van der Waals surface area contributed by atoms with E-state index in [1.165, 1.54) is 0 Å². The van der Waals surface area contributed by atoms with Crippen molar-refractivity contribution in [2.45, 2.75) is 65.5 Å². The molecule has 0 N–H and O–H groups in total. The van der Waals surface area contributed by atoms with Crippen molar-refractivity contribution in [2.75, 3.05) is 0 Å². The molecule has 0 radical (unpaired) electrons. The molecule has 0 saturated heterocycles. The fourth-order valence-corrected chi connectivity index (χ4v) is 16.3. The third kappa shape index (κ3) is 6.65. The summed E-state index contributed by atoms with van der Waals surface area (Å²) in [5, 5.41) is 0.568. The molecular formula is C14H30F2Si4. The number of halogens is 2. The minimum absolute atomic E-state index is 0.568. The Morgan fingerprint density at radius 1 is 0.700 bits per heavy atom. The van der Waals surface area contributed by atoms with Crippen LogP contribution >= 0.6 is 0 Å². The summed E-state index contributed by atoms with van der Waals surface area (Å²) >= 11 is 0. The highest BCUT2D eigenvalue weighted by Gasteiger charge is 2.42. The average molecular weight is 349 g/mol. The molecule has 0 rings (SSSR count). The molecule has 0 aliphatic carbocycles. The first-order valence-electron chi connectivity index (χ1n) is 7.13. The number of hydrogen-bond donors (Lipinski definition) is 0. The molecule has 0 aliphatic heterocycles. The summed E-state index contributed by atoms with van der Waals surface area (Å²) in [7, 11) is -9.67. The number of rotatable bonds is 3. The van der Waals surface area contributed by atoms with Gasteiger partial charge in [-0.3, -0.25) is 0 Å². The van der Waals surface area contributed by atoms with Crippen molar-refractivity contribution in [1.82, 2.24) is 0 Å². The molecule has 0 spiro atoms. The van der Waals surface area contributed by atoms with Crippen LogP contribution in [0, 0.1) is 11.5 Å². The van der Waals surface area contributed by atoms with Crippen LogP contribution in [-0.4, -0.2) is 33.0 Å². The summed E-state index contributed by atoms with van der Waals surface area (Å²) in [5.41, 5.74) is 3.26. The van der Waals surface area contributed by atoms with Crippen molar-refractivity contribution in [2.24, 2.45) is 0 Å². The molecule has 0 aliphatic rings. The molecule has 0 heterocycles. The summed E-state index contributed by atoms with van der Waals surface area (Å²) in [5.74, 6) is 3.12. The highest BCUT2D eigenvalue weighted by molar-refractivity contribution is 7.04. The largest absolute Gasteiger partial charge is 0.309 e. The molecule has 0 fully saturated rings. The SMILES string of the molecule is C[Si](C)(C)C#C/C(=C(/[Si](C)(C)C)[Si](C)(C)F)[Si](C)(C)F. The summed E-state index contributed by atoms with van der Waals surface area (Å²) < 4.78 is 29.7. The fourth-order valence-electron chi connectivity index (χ4n) is 2.32. The molecule has 0 aromatic carbocycles. The van der Waals surface area contributed by atoms with Crippen LogP contribution in [0.3, 0.4) is 0 Å². The second-order valence-corrected chi connectivity index (χ2v) is 25.6. The zero-order chi connectivity index (χ0) is 16.6. The quantitative estimate of drug-likeness (QED) is 0.360. The Bertz CT molecular complexity index is 427. The minimum atomic E-state index is -3.11. The maximum atomic E-state index is 14.9. The van der Waals surface area contributed by atoms with Gasteiger partial charge in [0.25, 0.3) is 16.8 Å². The molecule has 0 aromatic rings. The lowest BCUT2D eigenvalue weighted by Gasteiger charge is -2.32. The fraction of sp³-hybridized carbons (Fsp3) is 0.714. The lowest BCUT2D eigenvalue weighted by atomic mass is 10.6. The molecule has 0 unspecified atom stereocenters. The van der Waals surface area contributed by atoms with Gasteiger partial charge in [0.15, 0.2) is 0 Å². The summed E-state index contributed by atoms with van der Waals surface area (Å²) in [6.07, 6.45) is 0. The van der Waals surface area contributed by atoms with E-state index in [0.717, 1.165) is 4.82 Å². The van der Waals surface area contributed by atoms with E-state index in [1.807, 2.05) is 0 Å². The lowest BCUT2D eigenvalue weighted by Crippen LogP contribution is -2.44. The van der Waals surface area contributed by atoms with Gasteiger partial charge in [-0.1, -0.05) is 50.0 Å².